The van der Waals surface area contributed by atoms with Crippen molar-refractivity contribution < 1.29 is 0 Å². The molecular formula is C98H76N2. The molecule has 0 bridgehead atoms. The van der Waals surface area contributed by atoms with Crippen LogP contribution in [0.4, 0.5) is 34.1 Å². The van der Waals surface area contributed by atoms with Crippen molar-refractivity contribution in [3.05, 3.63) is 360 Å². The molecule has 0 saturated heterocycles. The molecule has 0 atom stereocenters. The van der Waals surface area contributed by atoms with Gasteiger partial charge in [-0.15, -0.1) is 0 Å². The Labute approximate surface area is 587 Å². The lowest BCUT2D eigenvalue weighted by Gasteiger charge is -2.30. The molecule has 478 valence electrons. The van der Waals surface area contributed by atoms with Crippen LogP contribution in [0, 0.1) is 0 Å². The Morgan fingerprint density at radius 2 is 0.510 bits per heavy atom. The highest BCUT2D eigenvalue weighted by atomic mass is 15.1. The predicted octanol–water partition coefficient (Wildman–Crippen LogP) is 26.8. The zero-order valence-electron chi connectivity index (χ0n) is 57.9. The summed E-state index contributed by atoms with van der Waals surface area (Å²) in [5.41, 5.74) is 37.2. The molecule has 0 aromatic heterocycles. The van der Waals surface area contributed by atoms with Gasteiger partial charge in [0, 0.05) is 55.8 Å². The van der Waals surface area contributed by atoms with Crippen LogP contribution in [0.1, 0.15) is 99.9 Å². The SMILES string of the molecule is CC1(C)c2ccccc2-c2ccc(N(c3ccc(-c4ccc(-c5cccc(-c6ccc7c(c6)C(C)(C)c6cc(N(c8ccc(-c9ccccc9)cc8)c8ccc9c(c8)C(C)(C)c8c-9ccc9ccccc89)ccc6-7)c5)cc4)cc3)c3ccc4c(c3)C(C)(C)c3cc5ccccc5cc3-4)cc21. The zero-order chi connectivity index (χ0) is 67.6. The highest BCUT2D eigenvalue weighted by Gasteiger charge is 2.41. The quantitative estimate of drug-likeness (QED) is 0.135. The number of benzene rings is 15. The van der Waals surface area contributed by atoms with Crippen molar-refractivity contribution in [3.63, 3.8) is 0 Å². The molecule has 2 nitrogen and oxygen atoms in total. The Bertz CT molecular complexity index is 5880. The minimum Gasteiger partial charge on any atom is -0.310 e. The first kappa shape index (κ1) is 59.7. The summed E-state index contributed by atoms with van der Waals surface area (Å²) in [6.45, 7) is 19.2. The van der Waals surface area contributed by atoms with Gasteiger partial charge in [-0.3, -0.25) is 0 Å². The van der Waals surface area contributed by atoms with Crippen molar-refractivity contribution in [2.24, 2.45) is 0 Å². The third kappa shape index (κ3) is 9.09. The van der Waals surface area contributed by atoms with E-state index in [4.69, 9.17) is 0 Å². The van der Waals surface area contributed by atoms with E-state index < -0.39 is 0 Å². The monoisotopic (exact) mass is 1280 g/mol. The van der Waals surface area contributed by atoms with Gasteiger partial charge in [0.15, 0.2) is 0 Å². The normalized spacial score (nSPS) is 14.7. The van der Waals surface area contributed by atoms with E-state index in [9.17, 15) is 0 Å². The van der Waals surface area contributed by atoms with Crippen LogP contribution in [0.5, 0.6) is 0 Å². The van der Waals surface area contributed by atoms with Gasteiger partial charge in [-0.25, -0.2) is 0 Å². The molecule has 0 unspecified atom stereocenters. The second-order valence-electron chi connectivity index (χ2n) is 30.5. The van der Waals surface area contributed by atoms with E-state index in [0.29, 0.717) is 0 Å². The Balaban J connectivity index is 0.618. The standard InChI is InChI=1S/C98H76N2/c1-95(2)87-28-17-16-27-79(87)81-49-43-74(57-90(81)95)99(76-46-52-84-86-54-69-22-12-13-23-70(69)55-89(86)97(5,6)92(84)59-76)73-41-35-64(36-42-73)62-29-31-65(32-30-62)67-24-18-25-68(53-67)71-38-47-80-82-50-44-75(58-91(82)96(3,4)88(80)56-71)100(72-39-33-63(34-40-72)61-19-10-9-11-20-61)77-45-51-83-85-48-37-66-21-14-15-26-78(66)94(85)98(7,8)93(83)60-77/h9-60H,1-8H3. The average molecular weight is 1280 g/mol. The maximum atomic E-state index is 2.48. The average Bonchev–Trinajstić information content (AvgIpc) is 1.57. The van der Waals surface area contributed by atoms with E-state index in [1.54, 1.807) is 0 Å². The highest BCUT2D eigenvalue weighted by molar-refractivity contribution is 6.00. The Hall–Kier alpha value is -11.6. The summed E-state index contributed by atoms with van der Waals surface area (Å²) in [7, 11) is 0. The van der Waals surface area contributed by atoms with E-state index >= 15 is 0 Å². The maximum absolute atomic E-state index is 2.48. The van der Waals surface area contributed by atoms with Crippen LogP contribution in [-0.4, -0.2) is 0 Å². The van der Waals surface area contributed by atoms with E-state index in [1.165, 1.54) is 155 Å². The van der Waals surface area contributed by atoms with Crippen molar-refractivity contribution in [1.29, 1.82) is 0 Å². The molecule has 0 radical (unpaired) electrons. The topological polar surface area (TPSA) is 6.48 Å². The molecule has 4 aliphatic rings. The van der Waals surface area contributed by atoms with Gasteiger partial charge in [0.2, 0.25) is 0 Å². The van der Waals surface area contributed by atoms with Gasteiger partial charge in [0.25, 0.3) is 0 Å². The number of hydrogen-bond acceptors (Lipinski definition) is 2. The predicted molar refractivity (Wildman–Crippen MR) is 423 cm³/mol. The fraction of sp³-hybridized carbons (Fsp3) is 0.122. The second-order valence-corrected chi connectivity index (χ2v) is 30.5. The minimum absolute atomic E-state index is 0.134. The van der Waals surface area contributed by atoms with E-state index in [0.717, 1.165) is 34.1 Å². The second kappa shape index (κ2) is 22.0. The van der Waals surface area contributed by atoms with Gasteiger partial charge in [-0.05, 0) is 252 Å². The molecule has 0 fully saturated rings. The molecule has 0 saturated carbocycles. The fourth-order valence-corrected chi connectivity index (χ4v) is 18.0. The number of anilines is 6. The minimum atomic E-state index is -0.264. The Kier molecular flexibility index (Phi) is 13.1. The fourth-order valence-electron chi connectivity index (χ4n) is 18.0. The van der Waals surface area contributed by atoms with E-state index in [2.05, 4.69) is 381 Å². The van der Waals surface area contributed by atoms with Crippen molar-refractivity contribution >= 4 is 55.7 Å². The van der Waals surface area contributed by atoms with Gasteiger partial charge in [-0.1, -0.05) is 274 Å². The van der Waals surface area contributed by atoms with Crippen LogP contribution in [0.25, 0.3) is 111 Å². The van der Waals surface area contributed by atoms with Crippen molar-refractivity contribution in [1.82, 2.24) is 0 Å². The Morgan fingerprint density at radius 1 is 0.180 bits per heavy atom. The first-order valence-corrected chi connectivity index (χ1v) is 35.5. The third-order valence-electron chi connectivity index (χ3n) is 23.4. The van der Waals surface area contributed by atoms with Crippen LogP contribution in [0.3, 0.4) is 0 Å². The molecule has 2 heteroatoms. The molecule has 0 heterocycles. The largest absolute Gasteiger partial charge is 0.310 e. The summed E-state index contributed by atoms with van der Waals surface area (Å²) in [5.74, 6) is 0. The molecule has 15 aromatic rings. The van der Waals surface area contributed by atoms with Gasteiger partial charge in [0.1, 0.15) is 0 Å². The lowest BCUT2D eigenvalue weighted by Crippen LogP contribution is -2.18. The summed E-state index contributed by atoms with van der Waals surface area (Å²) in [5, 5.41) is 5.19. The zero-order valence-corrected chi connectivity index (χ0v) is 57.9. The van der Waals surface area contributed by atoms with Gasteiger partial charge >= 0.3 is 0 Å². The number of rotatable bonds is 10. The highest BCUT2D eigenvalue weighted by Crippen LogP contribution is 2.58. The molecule has 4 aliphatic carbocycles. The van der Waals surface area contributed by atoms with E-state index in [1.807, 2.05) is 0 Å². The lowest BCUT2D eigenvalue weighted by molar-refractivity contribution is 0.660. The van der Waals surface area contributed by atoms with Gasteiger partial charge in [0.05, 0.1) is 0 Å². The molecule has 100 heavy (non-hydrogen) atoms. The maximum Gasteiger partial charge on any atom is 0.0465 e. The van der Waals surface area contributed by atoms with Gasteiger partial charge in [-0.2, -0.15) is 0 Å². The van der Waals surface area contributed by atoms with Crippen LogP contribution in [0.15, 0.2) is 315 Å². The van der Waals surface area contributed by atoms with Gasteiger partial charge < -0.3 is 9.80 Å². The van der Waals surface area contributed by atoms with Crippen LogP contribution in [0.2, 0.25) is 0 Å². The Morgan fingerprint density at radius 3 is 1.07 bits per heavy atom. The molecule has 0 amide bonds. The number of nitrogens with zero attached hydrogens (tertiary/aromatic N) is 2. The van der Waals surface area contributed by atoms with Crippen molar-refractivity contribution in [3.8, 4) is 89.0 Å². The third-order valence-corrected chi connectivity index (χ3v) is 23.4. The molecule has 19 rings (SSSR count). The summed E-state index contributed by atoms with van der Waals surface area (Å²) in [6, 6.07) is 119. The van der Waals surface area contributed by atoms with Crippen LogP contribution < -0.4 is 9.80 Å². The van der Waals surface area contributed by atoms with Crippen molar-refractivity contribution in [2.45, 2.75) is 77.0 Å². The summed E-state index contributed by atoms with van der Waals surface area (Å²) >= 11 is 0. The summed E-state index contributed by atoms with van der Waals surface area (Å²) in [6.07, 6.45) is 0. The lowest BCUT2D eigenvalue weighted by atomic mass is 9.80. The first-order chi connectivity index (χ1) is 48.6. The molecule has 0 aliphatic heterocycles. The first-order valence-electron chi connectivity index (χ1n) is 35.5. The molecule has 0 N–H and O–H groups in total. The summed E-state index contributed by atoms with van der Waals surface area (Å²) in [4.78, 5) is 4.95. The van der Waals surface area contributed by atoms with Crippen LogP contribution >= 0.6 is 0 Å². The van der Waals surface area contributed by atoms with Crippen molar-refractivity contribution in [2.75, 3.05) is 9.80 Å². The molecule has 0 spiro atoms. The number of fused-ring (bicyclic) bond motifs is 15. The van der Waals surface area contributed by atoms with Crippen LogP contribution in [-0.2, 0) is 21.7 Å². The molecular weight excluding hydrogens is 1210 g/mol. The summed E-state index contributed by atoms with van der Waals surface area (Å²) < 4.78 is 0. The number of hydrogen-bond donors (Lipinski definition) is 0. The molecule has 15 aromatic carbocycles. The van der Waals surface area contributed by atoms with E-state index in [-0.39, 0.29) is 21.7 Å². The smallest absolute Gasteiger partial charge is 0.0465 e.